The number of nitrogens with zero attached hydrogens (tertiary/aromatic N) is 2. The van der Waals surface area contributed by atoms with Crippen LogP contribution in [0.3, 0.4) is 0 Å². The molecule has 1 aromatic heterocycles. The van der Waals surface area contributed by atoms with E-state index in [1.165, 1.54) is 12.1 Å². The molecule has 2 aromatic rings. The molecule has 0 fully saturated rings. The first-order valence-electron chi connectivity index (χ1n) is 6.18. The van der Waals surface area contributed by atoms with Crippen molar-refractivity contribution in [1.82, 2.24) is 10.3 Å². The average Bonchev–Trinajstić information content (AvgIpc) is 2.44. The number of nitro benzene ring substituents is 1. The smallest absolute Gasteiger partial charge is 0.269 e. The van der Waals surface area contributed by atoms with Crippen LogP contribution in [-0.2, 0) is 13.0 Å². The maximum Gasteiger partial charge on any atom is 0.269 e. The summed E-state index contributed by atoms with van der Waals surface area (Å²) in [7, 11) is 0. The molecule has 20 heavy (non-hydrogen) atoms. The van der Waals surface area contributed by atoms with E-state index in [9.17, 15) is 10.1 Å². The molecule has 0 aliphatic heterocycles. The molecule has 0 atom stereocenters. The third-order valence-electron chi connectivity index (χ3n) is 2.83. The van der Waals surface area contributed by atoms with Gasteiger partial charge in [-0.05, 0) is 46.1 Å². The fraction of sp³-hybridized carbons (Fsp3) is 0.214. The van der Waals surface area contributed by atoms with Gasteiger partial charge < -0.3 is 5.32 Å². The summed E-state index contributed by atoms with van der Waals surface area (Å²) in [5.74, 6) is 0. The van der Waals surface area contributed by atoms with Gasteiger partial charge >= 0.3 is 0 Å². The van der Waals surface area contributed by atoms with E-state index in [0.717, 1.165) is 35.1 Å². The topological polar surface area (TPSA) is 68.1 Å². The van der Waals surface area contributed by atoms with Crippen molar-refractivity contribution in [1.29, 1.82) is 0 Å². The second-order valence-corrected chi connectivity index (χ2v) is 5.28. The van der Waals surface area contributed by atoms with Crippen LogP contribution in [0.15, 0.2) is 47.2 Å². The normalized spacial score (nSPS) is 10.4. The van der Waals surface area contributed by atoms with Gasteiger partial charge in [0.1, 0.15) is 0 Å². The predicted molar refractivity (Wildman–Crippen MR) is 80.4 cm³/mol. The van der Waals surface area contributed by atoms with Gasteiger partial charge in [-0.3, -0.25) is 15.1 Å². The minimum atomic E-state index is -0.387. The van der Waals surface area contributed by atoms with Crippen molar-refractivity contribution in [2.45, 2.75) is 13.0 Å². The van der Waals surface area contributed by atoms with E-state index in [4.69, 9.17) is 0 Å². The number of halogens is 1. The highest BCUT2D eigenvalue weighted by Crippen LogP contribution is 2.12. The number of nitro groups is 1. The Hall–Kier alpha value is -1.79. The molecule has 1 N–H and O–H groups in total. The van der Waals surface area contributed by atoms with Crippen molar-refractivity contribution in [2.24, 2.45) is 0 Å². The fourth-order valence-electron chi connectivity index (χ4n) is 1.80. The van der Waals surface area contributed by atoms with Gasteiger partial charge in [-0.15, -0.1) is 0 Å². The van der Waals surface area contributed by atoms with Crippen molar-refractivity contribution in [3.8, 4) is 0 Å². The Morgan fingerprint density at radius 3 is 2.60 bits per heavy atom. The monoisotopic (exact) mass is 335 g/mol. The molecular weight excluding hydrogens is 322 g/mol. The molecule has 0 radical (unpaired) electrons. The molecule has 0 aliphatic carbocycles. The molecule has 0 aliphatic rings. The van der Waals surface area contributed by atoms with Gasteiger partial charge in [-0.1, -0.05) is 12.1 Å². The number of non-ortho nitro benzene ring substituents is 1. The predicted octanol–water partition coefficient (Wildman–Crippen LogP) is 3.08. The SMILES string of the molecule is O=[N+]([O-])c1ccc(CCNCc2cncc(Br)c2)cc1. The number of aromatic nitrogens is 1. The van der Waals surface area contributed by atoms with Gasteiger partial charge in [0, 0.05) is 35.5 Å². The minimum Gasteiger partial charge on any atom is -0.312 e. The van der Waals surface area contributed by atoms with Crippen LogP contribution in [0.4, 0.5) is 5.69 Å². The maximum atomic E-state index is 10.5. The highest BCUT2D eigenvalue weighted by Gasteiger charge is 2.03. The molecule has 104 valence electrons. The summed E-state index contributed by atoms with van der Waals surface area (Å²) in [6, 6.07) is 8.67. The van der Waals surface area contributed by atoms with Gasteiger partial charge in [0.15, 0.2) is 0 Å². The Balaban J connectivity index is 1.77. The zero-order valence-corrected chi connectivity index (χ0v) is 12.3. The maximum absolute atomic E-state index is 10.5. The molecular formula is C14H14BrN3O2. The Kier molecular flexibility index (Phi) is 5.20. The Morgan fingerprint density at radius 1 is 1.20 bits per heavy atom. The number of pyridine rings is 1. The summed E-state index contributed by atoms with van der Waals surface area (Å²) in [4.78, 5) is 14.3. The number of hydrogen-bond acceptors (Lipinski definition) is 4. The molecule has 0 unspecified atom stereocenters. The summed E-state index contributed by atoms with van der Waals surface area (Å²) < 4.78 is 0.965. The van der Waals surface area contributed by atoms with E-state index in [-0.39, 0.29) is 10.6 Å². The van der Waals surface area contributed by atoms with Crippen LogP contribution in [0.1, 0.15) is 11.1 Å². The van der Waals surface area contributed by atoms with Crippen LogP contribution in [-0.4, -0.2) is 16.5 Å². The number of hydrogen-bond donors (Lipinski definition) is 1. The molecule has 0 amide bonds. The van der Waals surface area contributed by atoms with Crippen molar-refractivity contribution in [3.63, 3.8) is 0 Å². The molecule has 1 aromatic carbocycles. The largest absolute Gasteiger partial charge is 0.312 e. The van der Waals surface area contributed by atoms with Gasteiger partial charge in [-0.25, -0.2) is 0 Å². The van der Waals surface area contributed by atoms with Crippen LogP contribution in [0.25, 0.3) is 0 Å². The first-order chi connectivity index (χ1) is 9.65. The number of benzene rings is 1. The first-order valence-corrected chi connectivity index (χ1v) is 6.98. The summed E-state index contributed by atoms with van der Waals surface area (Å²) in [5.41, 5.74) is 2.32. The standard InChI is InChI=1S/C14H14BrN3O2/c15-13-7-12(9-17-10-13)8-16-6-5-11-1-3-14(4-2-11)18(19)20/h1-4,7,9-10,16H,5-6,8H2. The molecule has 1 heterocycles. The van der Waals surface area contributed by atoms with Crippen molar-refractivity contribution < 1.29 is 4.92 Å². The third kappa shape index (κ3) is 4.40. The molecule has 5 nitrogen and oxygen atoms in total. The van der Waals surface area contributed by atoms with Crippen LogP contribution >= 0.6 is 15.9 Å². The quantitative estimate of drug-likeness (QED) is 0.500. The third-order valence-corrected chi connectivity index (χ3v) is 3.26. The average molecular weight is 336 g/mol. The van der Waals surface area contributed by atoms with E-state index in [1.54, 1.807) is 18.3 Å². The zero-order chi connectivity index (χ0) is 14.4. The zero-order valence-electron chi connectivity index (χ0n) is 10.8. The number of nitrogens with one attached hydrogen (secondary N) is 1. The van der Waals surface area contributed by atoms with Crippen molar-refractivity contribution in [2.75, 3.05) is 6.54 Å². The first kappa shape index (κ1) is 14.6. The van der Waals surface area contributed by atoms with Crippen LogP contribution in [0, 0.1) is 10.1 Å². The molecule has 0 saturated carbocycles. The molecule has 0 spiro atoms. The lowest BCUT2D eigenvalue weighted by molar-refractivity contribution is -0.384. The Morgan fingerprint density at radius 2 is 1.95 bits per heavy atom. The Bertz CT molecular complexity index is 587. The Labute approximate surface area is 125 Å². The van der Waals surface area contributed by atoms with E-state index >= 15 is 0 Å². The molecule has 0 bridgehead atoms. The van der Waals surface area contributed by atoms with E-state index in [2.05, 4.69) is 26.2 Å². The summed E-state index contributed by atoms with van der Waals surface area (Å²) in [6.07, 6.45) is 4.41. The highest BCUT2D eigenvalue weighted by molar-refractivity contribution is 9.10. The lowest BCUT2D eigenvalue weighted by Crippen LogP contribution is -2.16. The van der Waals surface area contributed by atoms with Crippen LogP contribution < -0.4 is 5.32 Å². The van der Waals surface area contributed by atoms with E-state index < -0.39 is 0 Å². The van der Waals surface area contributed by atoms with Gasteiger partial charge in [0.2, 0.25) is 0 Å². The molecule has 6 heteroatoms. The van der Waals surface area contributed by atoms with Gasteiger partial charge in [-0.2, -0.15) is 0 Å². The summed E-state index contributed by atoms with van der Waals surface area (Å²) in [6.45, 7) is 1.56. The lowest BCUT2D eigenvalue weighted by atomic mass is 10.1. The molecule has 0 saturated heterocycles. The van der Waals surface area contributed by atoms with Crippen molar-refractivity contribution in [3.05, 3.63) is 68.4 Å². The fourth-order valence-corrected chi connectivity index (χ4v) is 2.21. The number of rotatable bonds is 6. The summed E-state index contributed by atoms with van der Waals surface area (Å²) >= 11 is 3.38. The van der Waals surface area contributed by atoms with Crippen LogP contribution in [0.5, 0.6) is 0 Å². The van der Waals surface area contributed by atoms with E-state index in [1.807, 2.05) is 12.3 Å². The van der Waals surface area contributed by atoms with Crippen molar-refractivity contribution >= 4 is 21.6 Å². The van der Waals surface area contributed by atoms with Crippen LogP contribution in [0.2, 0.25) is 0 Å². The van der Waals surface area contributed by atoms with E-state index in [0.29, 0.717) is 0 Å². The molecule has 2 rings (SSSR count). The second-order valence-electron chi connectivity index (χ2n) is 4.36. The van der Waals surface area contributed by atoms with Gasteiger partial charge in [0.25, 0.3) is 5.69 Å². The minimum absolute atomic E-state index is 0.127. The second kappa shape index (κ2) is 7.12. The summed E-state index contributed by atoms with van der Waals surface area (Å²) in [5, 5.41) is 13.9. The highest BCUT2D eigenvalue weighted by atomic mass is 79.9. The lowest BCUT2D eigenvalue weighted by Gasteiger charge is -2.05. The van der Waals surface area contributed by atoms with Gasteiger partial charge in [0.05, 0.1) is 4.92 Å².